The van der Waals surface area contributed by atoms with Gasteiger partial charge in [-0.2, -0.15) is 0 Å². The first kappa shape index (κ1) is 18.1. The summed E-state index contributed by atoms with van der Waals surface area (Å²) >= 11 is 1.70. The number of nitrogens with zero attached hydrogens (tertiary/aromatic N) is 5. The molecule has 7 nitrogen and oxygen atoms in total. The lowest BCUT2D eigenvalue weighted by Gasteiger charge is -2.31. The third kappa shape index (κ3) is 3.67. The van der Waals surface area contributed by atoms with E-state index in [1.807, 2.05) is 47.0 Å². The zero-order valence-corrected chi connectivity index (χ0v) is 16.8. The minimum atomic E-state index is -0.00842. The highest BCUT2D eigenvalue weighted by Crippen LogP contribution is 2.31. The minimum Gasteiger partial charge on any atom is -0.355 e. The van der Waals surface area contributed by atoms with Gasteiger partial charge in [-0.15, -0.1) is 10.2 Å². The Hall–Kier alpha value is -3.00. The van der Waals surface area contributed by atoms with Gasteiger partial charge < -0.3 is 10.2 Å². The lowest BCUT2D eigenvalue weighted by Crippen LogP contribution is -2.43. The van der Waals surface area contributed by atoms with E-state index in [1.165, 1.54) is 4.70 Å². The zero-order chi connectivity index (χ0) is 19.6. The normalized spacial score (nSPS) is 17.1. The first-order valence-corrected chi connectivity index (χ1v) is 10.8. The summed E-state index contributed by atoms with van der Waals surface area (Å²) in [5.74, 6) is 0.969. The Balaban J connectivity index is 1.19. The molecule has 0 unspecified atom stereocenters. The number of para-hydroxylation sites is 1. The molecule has 0 radical (unpaired) electrons. The molecule has 1 N–H and O–H groups in total. The van der Waals surface area contributed by atoms with Gasteiger partial charge in [-0.05, 0) is 37.1 Å². The molecule has 1 aliphatic heterocycles. The number of nitrogens with one attached hydrogen (secondary N) is 1. The van der Waals surface area contributed by atoms with Crippen LogP contribution in [0.4, 0.5) is 5.13 Å². The van der Waals surface area contributed by atoms with Gasteiger partial charge in [-0.25, -0.2) is 4.98 Å². The largest absolute Gasteiger partial charge is 0.355 e. The second-order valence-corrected chi connectivity index (χ2v) is 8.34. The predicted molar refractivity (Wildman–Crippen MR) is 114 cm³/mol. The van der Waals surface area contributed by atoms with Crippen LogP contribution in [0.3, 0.4) is 0 Å². The maximum Gasteiger partial charge on any atom is 0.224 e. The van der Waals surface area contributed by atoms with E-state index < -0.39 is 0 Å². The van der Waals surface area contributed by atoms with E-state index in [-0.39, 0.29) is 11.8 Å². The summed E-state index contributed by atoms with van der Waals surface area (Å²) in [5, 5.41) is 12.5. The Kier molecular flexibility index (Phi) is 4.85. The molecule has 1 saturated heterocycles. The van der Waals surface area contributed by atoms with Crippen molar-refractivity contribution in [3.63, 3.8) is 0 Å². The summed E-state index contributed by atoms with van der Waals surface area (Å²) in [6.45, 7) is 2.24. The van der Waals surface area contributed by atoms with Crippen molar-refractivity contribution in [2.45, 2.75) is 19.3 Å². The highest BCUT2D eigenvalue weighted by molar-refractivity contribution is 7.22. The van der Waals surface area contributed by atoms with Gasteiger partial charge in [-0.1, -0.05) is 29.5 Å². The van der Waals surface area contributed by atoms with Gasteiger partial charge in [-0.3, -0.25) is 9.20 Å². The molecular weight excluding hydrogens is 384 g/mol. The number of benzene rings is 1. The van der Waals surface area contributed by atoms with E-state index in [0.717, 1.165) is 48.1 Å². The minimum absolute atomic E-state index is 0.00842. The van der Waals surface area contributed by atoms with Crippen LogP contribution in [-0.4, -0.2) is 45.1 Å². The summed E-state index contributed by atoms with van der Waals surface area (Å²) in [6.07, 6.45) is 4.53. The van der Waals surface area contributed by atoms with Gasteiger partial charge in [0.1, 0.15) is 5.82 Å². The van der Waals surface area contributed by atoms with E-state index in [4.69, 9.17) is 4.98 Å². The van der Waals surface area contributed by atoms with Crippen LogP contribution in [0.1, 0.15) is 18.7 Å². The number of carbonyl (C=O) groups excluding carboxylic acids is 1. The Morgan fingerprint density at radius 3 is 3.00 bits per heavy atom. The SMILES string of the molecule is O=C(NCCc1nnc2ccccn12)[C@@H]1CCCN(c2nc3ccccc3s2)C1. The van der Waals surface area contributed by atoms with Crippen LogP contribution in [0.15, 0.2) is 48.7 Å². The number of rotatable bonds is 5. The van der Waals surface area contributed by atoms with Gasteiger partial charge in [0.25, 0.3) is 0 Å². The topological polar surface area (TPSA) is 75.4 Å². The van der Waals surface area contributed by atoms with Crippen LogP contribution in [0.5, 0.6) is 0 Å². The number of pyridine rings is 1. The molecule has 1 aliphatic rings. The quantitative estimate of drug-likeness (QED) is 0.552. The van der Waals surface area contributed by atoms with Gasteiger partial charge in [0.2, 0.25) is 5.91 Å². The van der Waals surface area contributed by atoms with Crippen molar-refractivity contribution in [1.82, 2.24) is 24.9 Å². The van der Waals surface area contributed by atoms with Gasteiger partial charge >= 0.3 is 0 Å². The fourth-order valence-corrected chi connectivity index (χ4v) is 4.86. The number of fused-ring (bicyclic) bond motifs is 2. The molecule has 4 aromatic rings. The predicted octanol–water partition coefficient (Wildman–Crippen LogP) is 2.91. The van der Waals surface area contributed by atoms with Crippen LogP contribution in [0.2, 0.25) is 0 Å². The molecule has 4 heterocycles. The smallest absolute Gasteiger partial charge is 0.224 e. The van der Waals surface area contributed by atoms with Crippen LogP contribution in [-0.2, 0) is 11.2 Å². The van der Waals surface area contributed by atoms with E-state index in [1.54, 1.807) is 11.3 Å². The van der Waals surface area contributed by atoms with E-state index in [9.17, 15) is 4.79 Å². The van der Waals surface area contributed by atoms with Crippen molar-refractivity contribution >= 4 is 38.2 Å². The second kappa shape index (κ2) is 7.79. The number of piperidine rings is 1. The molecule has 29 heavy (non-hydrogen) atoms. The average molecular weight is 407 g/mol. The third-order valence-electron chi connectivity index (χ3n) is 5.38. The Labute approximate surface area is 172 Å². The summed E-state index contributed by atoms with van der Waals surface area (Å²) in [7, 11) is 0. The number of thiazole rings is 1. The first-order valence-electron chi connectivity index (χ1n) is 9.95. The molecule has 1 fully saturated rings. The third-order valence-corrected chi connectivity index (χ3v) is 6.47. The molecule has 5 rings (SSSR count). The highest BCUT2D eigenvalue weighted by atomic mass is 32.1. The van der Waals surface area contributed by atoms with Crippen molar-refractivity contribution in [3.05, 3.63) is 54.5 Å². The van der Waals surface area contributed by atoms with Crippen LogP contribution >= 0.6 is 11.3 Å². The summed E-state index contributed by atoms with van der Waals surface area (Å²) in [4.78, 5) is 19.7. The standard InChI is InChI=1S/C21H22N6OS/c28-20(22-11-10-19-25-24-18-9-3-4-13-27(18)19)15-6-5-12-26(14-15)21-23-16-7-1-2-8-17(16)29-21/h1-4,7-9,13,15H,5-6,10-12,14H2,(H,22,28)/t15-/m1/s1. The number of anilines is 1. The lowest BCUT2D eigenvalue weighted by molar-refractivity contribution is -0.125. The summed E-state index contributed by atoms with van der Waals surface area (Å²) < 4.78 is 3.15. The van der Waals surface area contributed by atoms with Crippen LogP contribution in [0, 0.1) is 5.92 Å². The molecule has 1 atom stereocenters. The van der Waals surface area contributed by atoms with Crippen molar-refractivity contribution in [2.75, 3.05) is 24.5 Å². The number of hydrogen-bond donors (Lipinski definition) is 1. The zero-order valence-electron chi connectivity index (χ0n) is 16.0. The maximum atomic E-state index is 12.7. The summed E-state index contributed by atoms with van der Waals surface area (Å²) in [5.41, 5.74) is 1.85. The Bertz CT molecular complexity index is 1120. The molecular formula is C21H22N6OS. The highest BCUT2D eigenvalue weighted by Gasteiger charge is 2.27. The van der Waals surface area contributed by atoms with Crippen LogP contribution < -0.4 is 10.2 Å². The monoisotopic (exact) mass is 406 g/mol. The van der Waals surface area contributed by atoms with Crippen LogP contribution in [0.25, 0.3) is 15.9 Å². The van der Waals surface area contributed by atoms with E-state index >= 15 is 0 Å². The molecule has 148 valence electrons. The molecule has 0 aliphatic carbocycles. The second-order valence-electron chi connectivity index (χ2n) is 7.34. The van der Waals surface area contributed by atoms with Crippen molar-refractivity contribution in [2.24, 2.45) is 5.92 Å². The molecule has 3 aromatic heterocycles. The molecule has 0 spiro atoms. The Morgan fingerprint density at radius 1 is 1.17 bits per heavy atom. The number of carbonyl (C=O) groups is 1. The molecule has 0 bridgehead atoms. The number of hydrogen-bond acceptors (Lipinski definition) is 6. The fraction of sp³-hybridized carbons (Fsp3) is 0.333. The molecule has 0 saturated carbocycles. The lowest BCUT2D eigenvalue weighted by atomic mass is 9.97. The van der Waals surface area contributed by atoms with Crippen molar-refractivity contribution in [3.8, 4) is 0 Å². The molecule has 8 heteroatoms. The van der Waals surface area contributed by atoms with Crippen molar-refractivity contribution < 1.29 is 4.79 Å². The van der Waals surface area contributed by atoms with Gasteiger partial charge in [0, 0.05) is 32.3 Å². The molecule has 1 aromatic carbocycles. The Morgan fingerprint density at radius 2 is 2.07 bits per heavy atom. The molecule has 1 amide bonds. The van der Waals surface area contributed by atoms with Gasteiger partial charge in [0.15, 0.2) is 10.8 Å². The number of aromatic nitrogens is 4. The number of amides is 1. The van der Waals surface area contributed by atoms with Gasteiger partial charge in [0.05, 0.1) is 16.1 Å². The fourth-order valence-electron chi connectivity index (χ4n) is 3.86. The summed E-state index contributed by atoms with van der Waals surface area (Å²) in [6, 6.07) is 14.0. The van der Waals surface area contributed by atoms with E-state index in [0.29, 0.717) is 13.0 Å². The maximum absolute atomic E-state index is 12.7. The average Bonchev–Trinajstić information content (AvgIpc) is 3.38. The van der Waals surface area contributed by atoms with E-state index in [2.05, 4.69) is 26.5 Å². The van der Waals surface area contributed by atoms with Crippen molar-refractivity contribution in [1.29, 1.82) is 0 Å². The first-order chi connectivity index (χ1) is 14.3.